The van der Waals surface area contributed by atoms with Crippen molar-refractivity contribution in [3.8, 4) is 0 Å². The Labute approximate surface area is 216 Å². The number of benzene rings is 2. The molecule has 0 saturated heterocycles. The van der Waals surface area contributed by atoms with Crippen molar-refractivity contribution in [2.75, 3.05) is 18.0 Å². The van der Waals surface area contributed by atoms with Gasteiger partial charge >= 0.3 is 0 Å². The third-order valence-electron chi connectivity index (χ3n) is 6.04. The van der Waals surface area contributed by atoms with E-state index in [0.29, 0.717) is 36.2 Å². The van der Waals surface area contributed by atoms with Crippen LogP contribution in [0.5, 0.6) is 0 Å². The lowest BCUT2D eigenvalue weighted by Gasteiger charge is -2.21. The zero-order valence-electron chi connectivity index (χ0n) is 20.9. The highest BCUT2D eigenvalue weighted by Gasteiger charge is 2.25. The summed E-state index contributed by atoms with van der Waals surface area (Å²) in [5.41, 5.74) is 3.29. The molecule has 0 atom stereocenters. The molecule has 0 N–H and O–H groups in total. The van der Waals surface area contributed by atoms with E-state index in [0.717, 1.165) is 21.3 Å². The molecule has 0 saturated carbocycles. The van der Waals surface area contributed by atoms with Gasteiger partial charge in [0.05, 0.1) is 21.7 Å². The Morgan fingerprint density at radius 2 is 1.72 bits per heavy atom. The van der Waals surface area contributed by atoms with Crippen LogP contribution in [0.4, 0.5) is 5.13 Å². The summed E-state index contributed by atoms with van der Waals surface area (Å²) in [6.07, 6.45) is 3.42. The molecule has 4 aromatic rings. The quantitative estimate of drug-likeness (QED) is 0.282. The maximum atomic E-state index is 13.8. The zero-order valence-corrected chi connectivity index (χ0v) is 22.5. The van der Waals surface area contributed by atoms with Crippen molar-refractivity contribution in [3.63, 3.8) is 0 Å². The minimum Gasteiger partial charge on any atom is -0.279 e. The zero-order chi connectivity index (χ0) is 25.9. The van der Waals surface area contributed by atoms with Crippen molar-refractivity contribution in [1.82, 2.24) is 14.3 Å². The fourth-order valence-electron chi connectivity index (χ4n) is 4.08. The molecule has 4 rings (SSSR count). The summed E-state index contributed by atoms with van der Waals surface area (Å²) in [5.74, 6) is 0.0437. The number of rotatable bonds is 9. The summed E-state index contributed by atoms with van der Waals surface area (Å²) in [5, 5.41) is 0.590. The van der Waals surface area contributed by atoms with E-state index in [-0.39, 0.29) is 10.8 Å². The van der Waals surface area contributed by atoms with Crippen LogP contribution in [0.3, 0.4) is 0 Å². The lowest BCUT2D eigenvalue weighted by molar-refractivity contribution is 0.0985. The number of nitrogens with zero attached hydrogens (tertiary/aromatic N) is 4. The van der Waals surface area contributed by atoms with Crippen molar-refractivity contribution in [3.05, 3.63) is 83.7 Å². The van der Waals surface area contributed by atoms with Crippen molar-refractivity contribution < 1.29 is 13.2 Å². The predicted octanol–water partition coefficient (Wildman–Crippen LogP) is 5.69. The van der Waals surface area contributed by atoms with Gasteiger partial charge in [-0.2, -0.15) is 4.31 Å². The molecule has 0 aliphatic rings. The number of hydrogen-bond donors (Lipinski definition) is 0. The van der Waals surface area contributed by atoms with Gasteiger partial charge in [0.2, 0.25) is 10.0 Å². The van der Waals surface area contributed by atoms with Gasteiger partial charge in [-0.15, -0.1) is 0 Å². The maximum Gasteiger partial charge on any atom is 0.260 e. The first-order chi connectivity index (χ1) is 17.3. The van der Waals surface area contributed by atoms with Gasteiger partial charge < -0.3 is 0 Å². The van der Waals surface area contributed by atoms with E-state index in [1.165, 1.54) is 27.8 Å². The van der Waals surface area contributed by atoms with E-state index in [2.05, 4.69) is 24.9 Å². The van der Waals surface area contributed by atoms with Gasteiger partial charge in [-0.05, 0) is 53.4 Å². The number of amides is 1. The van der Waals surface area contributed by atoms with Gasteiger partial charge in [-0.1, -0.05) is 57.2 Å². The highest BCUT2D eigenvalue weighted by Crippen LogP contribution is 2.34. The van der Waals surface area contributed by atoms with E-state index in [1.807, 2.05) is 24.3 Å². The molecule has 0 spiro atoms. The molecule has 2 aromatic heterocycles. The van der Waals surface area contributed by atoms with Crippen LogP contribution in [0.15, 0.2) is 71.9 Å². The summed E-state index contributed by atoms with van der Waals surface area (Å²) in [4.78, 5) is 24.6. The highest BCUT2D eigenvalue weighted by atomic mass is 32.2. The first-order valence-electron chi connectivity index (χ1n) is 12.0. The fraction of sp³-hybridized carbons (Fsp3) is 0.296. The molecule has 9 heteroatoms. The molecule has 2 aromatic carbocycles. The largest absolute Gasteiger partial charge is 0.279 e. The number of hydrogen-bond acceptors (Lipinski definition) is 6. The molecule has 36 heavy (non-hydrogen) atoms. The van der Waals surface area contributed by atoms with Gasteiger partial charge in [0, 0.05) is 31.0 Å². The summed E-state index contributed by atoms with van der Waals surface area (Å²) in [6.45, 7) is 8.92. The molecule has 0 bridgehead atoms. The van der Waals surface area contributed by atoms with E-state index in [1.54, 1.807) is 43.3 Å². The number of para-hydroxylation sites is 1. The number of thiazole rings is 1. The molecule has 0 aliphatic heterocycles. The fourth-order valence-corrected chi connectivity index (χ4v) is 6.53. The van der Waals surface area contributed by atoms with E-state index >= 15 is 0 Å². The molecule has 0 unspecified atom stereocenters. The molecule has 2 heterocycles. The number of anilines is 1. The van der Waals surface area contributed by atoms with E-state index in [4.69, 9.17) is 4.98 Å². The average Bonchev–Trinajstić information content (AvgIpc) is 3.32. The molecular formula is C27H30N4O3S2. The van der Waals surface area contributed by atoms with Crippen LogP contribution >= 0.6 is 11.3 Å². The van der Waals surface area contributed by atoms with Crippen LogP contribution in [-0.4, -0.2) is 41.7 Å². The minimum atomic E-state index is -3.61. The molecular weight excluding hydrogens is 492 g/mol. The topological polar surface area (TPSA) is 83.5 Å². The Balaban J connectivity index is 1.73. The Hall–Kier alpha value is -3.14. The molecule has 7 nitrogen and oxygen atoms in total. The van der Waals surface area contributed by atoms with Crippen molar-refractivity contribution in [1.29, 1.82) is 0 Å². The Morgan fingerprint density at radius 3 is 2.33 bits per heavy atom. The second-order valence-electron chi connectivity index (χ2n) is 8.71. The van der Waals surface area contributed by atoms with Crippen molar-refractivity contribution in [2.24, 2.45) is 0 Å². The molecule has 0 radical (unpaired) electrons. The van der Waals surface area contributed by atoms with Gasteiger partial charge in [-0.3, -0.25) is 14.7 Å². The predicted molar refractivity (Wildman–Crippen MR) is 145 cm³/mol. The SMILES string of the molecule is CCN(CC)S(=O)(=O)c1ccc(C(=O)N(Cc2cccnc2)c2nc3c(C(C)C)cccc3s2)cc1. The molecule has 0 fully saturated rings. The summed E-state index contributed by atoms with van der Waals surface area (Å²) >= 11 is 1.47. The Morgan fingerprint density at radius 1 is 1.00 bits per heavy atom. The number of carbonyl (C=O) groups excluding carboxylic acids is 1. The highest BCUT2D eigenvalue weighted by molar-refractivity contribution is 7.89. The standard InChI is InChI=1S/C27H30N4O3S2/c1-5-30(6-2)36(33,34)22-14-12-21(13-15-22)26(32)31(18-20-9-8-16-28-17-20)27-29-25-23(19(3)4)10-7-11-24(25)35-27/h7-17,19H,5-6,18H2,1-4H3. The first kappa shape index (κ1) is 25.9. The van der Waals surface area contributed by atoms with Crippen LogP contribution in [-0.2, 0) is 16.6 Å². The van der Waals surface area contributed by atoms with Crippen molar-refractivity contribution in [2.45, 2.75) is 45.1 Å². The van der Waals surface area contributed by atoms with E-state index in [9.17, 15) is 13.2 Å². The Bertz CT molecular complexity index is 1450. The summed E-state index contributed by atoms with van der Waals surface area (Å²) in [6, 6.07) is 16.0. The van der Waals surface area contributed by atoms with Gasteiger partial charge in [-0.25, -0.2) is 13.4 Å². The second-order valence-corrected chi connectivity index (χ2v) is 11.7. The van der Waals surface area contributed by atoms with E-state index < -0.39 is 10.0 Å². The third-order valence-corrected chi connectivity index (χ3v) is 9.15. The summed E-state index contributed by atoms with van der Waals surface area (Å²) < 4.78 is 28.2. The normalized spacial score (nSPS) is 11.9. The van der Waals surface area contributed by atoms with Crippen molar-refractivity contribution >= 4 is 42.6 Å². The van der Waals surface area contributed by atoms with Gasteiger partial charge in [0.25, 0.3) is 5.91 Å². The number of carbonyl (C=O) groups is 1. The van der Waals surface area contributed by atoms with Gasteiger partial charge in [0.1, 0.15) is 0 Å². The second kappa shape index (κ2) is 10.9. The first-order valence-corrected chi connectivity index (χ1v) is 14.2. The monoisotopic (exact) mass is 522 g/mol. The van der Waals surface area contributed by atoms with Crippen LogP contribution in [0, 0.1) is 0 Å². The van der Waals surface area contributed by atoms with Crippen LogP contribution in [0.25, 0.3) is 10.2 Å². The maximum absolute atomic E-state index is 13.8. The average molecular weight is 523 g/mol. The lowest BCUT2D eigenvalue weighted by Crippen LogP contribution is -2.31. The number of pyridine rings is 1. The van der Waals surface area contributed by atoms with Crippen LogP contribution < -0.4 is 4.90 Å². The number of aromatic nitrogens is 2. The lowest BCUT2D eigenvalue weighted by atomic mass is 10.0. The van der Waals surface area contributed by atoms with Crippen LogP contribution in [0.2, 0.25) is 0 Å². The third kappa shape index (κ3) is 5.18. The van der Waals surface area contributed by atoms with Crippen LogP contribution in [0.1, 0.15) is 55.1 Å². The molecule has 188 valence electrons. The number of sulfonamides is 1. The number of fused-ring (bicyclic) bond motifs is 1. The summed E-state index contributed by atoms with van der Waals surface area (Å²) in [7, 11) is -3.61. The Kier molecular flexibility index (Phi) is 7.82. The molecule has 0 aliphatic carbocycles. The van der Waals surface area contributed by atoms with Gasteiger partial charge in [0.15, 0.2) is 5.13 Å². The molecule has 1 amide bonds. The smallest absolute Gasteiger partial charge is 0.260 e. The minimum absolute atomic E-state index is 0.170.